The second-order valence-corrected chi connectivity index (χ2v) is 11.0. The minimum absolute atomic E-state index is 0.0178. The molecule has 0 saturated heterocycles. The van der Waals surface area contributed by atoms with Crippen LogP contribution < -0.4 is 4.57 Å². The summed E-state index contributed by atoms with van der Waals surface area (Å²) in [6.45, 7) is 8.24. The number of carbonyl (C=O) groups excluding carboxylic acids is 1. The maximum atomic E-state index is 13.2. The fourth-order valence-electron chi connectivity index (χ4n) is 6.08. The number of hydrogen-bond acceptors (Lipinski definition) is 3. The molecule has 5 rings (SSSR count). The van der Waals surface area contributed by atoms with Crippen LogP contribution in [0, 0.1) is 13.8 Å². The molecular weight excluding hydrogens is 476 g/mol. The van der Waals surface area contributed by atoms with Crippen LogP contribution in [0.5, 0.6) is 0 Å². The first-order chi connectivity index (χ1) is 18.1. The molecule has 0 radical (unpaired) electrons. The van der Waals surface area contributed by atoms with Crippen LogP contribution in [-0.2, 0) is 35.9 Å². The number of carboxylic acid groups (broad SMARTS) is 1. The van der Waals surface area contributed by atoms with Gasteiger partial charge in [0.05, 0.1) is 11.6 Å². The van der Waals surface area contributed by atoms with Crippen LogP contribution in [0.4, 0.5) is 0 Å². The Bertz CT molecular complexity index is 1540. The van der Waals surface area contributed by atoms with E-state index < -0.39 is 5.97 Å². The molecule has 0 spiro atoms. The molecule has 0 saturated carbocycles. The highest BCUT2D eigenvalue weighted by atomic mass is 16.4. The Hall–Kier alpha value is -3.74. The molecule has 2 atom stereocenters. The number of ketones is 1. The highest BCUT2D eigenvalue weighted by Gasteiger charge is 2.30. The molecule has 7 heteroatoms. The summed E-state index contributed by atoms with van der Waals surface area (Å²) < 4.78 is 2.27. The summed E-state index contributed by atoms with van der Waals surface area (Å²) in [6, 6.07) is 8.69. The van der Waals surface area contributed by atoms with Gasteiger partial charge in [0.15, 0.2) is 17.2 Å². The van der Waals surface area contributed by atoms with Crippen molar-refractivity contribution in [3.05, 3.63) is 75.6 Å². The SMILES string of the molecule is CCC1Cc2cc3cc(C)c(cc4[nH]c(c5c(C)nc(cc1[n+]2C)C(C)=CC(=O)C5)C(CCC(=O)O)C4)[nH]3. The second kappa shape index (κ2) is 10.2. The van der Waals surface area contributed by atoms with Gasteiger partial charge in [0.1, 0.15) is 7.05 Å². The number of aliphatic carboxylic acids is 1. The number of aryl methyl sites for hydroxylation is 2. The standard InChI is InChI=1S/C31H36N4O3/c1-6-20-12-24-13-22-9-17(2)27(33-22)14-23-11-21(7-8-30(37)38)31(34-23)26-15-25(36)10-18(3)28(32-19(26)4)16-29(20)35(24)5/h9-10,13-14,16,20-21H,6-8,11-12,15H2,1-5H3,(H2,33,36,37,38)/p+1. The third-order valence-corrected chi connectivity index (χ3v) is 8.24. The number of carbonyl (C=O) groups is 2. The van der Waals surface area contributed by atoms with Gasteiger partial charge in [-0.3, -0.25) is 14.6 Å². The normalized spacial score (nSPS) is 18.6. The number of H-pyrrole nitrogens is 2. The zero-order valence-electron chi connectivity index (χ0n) is 22.9. The van der Waals surface area contributed by atoms with Crippen molar-refractivity contribution in [2.24, 2.45) is 7.05 Å². The zero-order chi connectivity index (χ0) is 27.1. The van der Waals surface area contributed by atoms with Crippen molar-refractivity contribution in [1.29, 1.82) is 0 Å². The van der Waals surface area contributed by atoms with Gasteiger partial charge in [-0.1, -0.05) is 6.92 Å². The molecule has 2 aromatic rings. The molecule has 0 aliphatic carbocycles. The first-order valence-corrected chi connectivity index (χ1v) is 13.5. The Kier molecular flexibility index (Phi) is 6.95. The maximum absolute atomic E-state index is 13.2. The van der Waals surface area contributed by atoms with Gasteiger partial charge in [-0.2, -0.15) is 0 Å². The Morgan fingerprint density at radius 3 is 2.63 bits per heavy atom. The molecule has 5 heterocycles. The smallest absolute Gasteiger partial charge is 0.303 e. The predicted octanol–water partition coefficient (Wildman–Crippen LogP) is 5.23. The lowest BCUT2D eigenvalue weighted by molar-refractivity contribution is -0.677. The van der Waals surface area contributed by atoms with Crippen molar-refractivity contribution in [3.63, 3.8) is 0 Å². The van der Waals surface area contributed by atoms with Gasteiger partial charge in [0.2, 0.25) is 0 Å². The summed E-state index contributed by atoms with van der Waals surface area (Å²) in [6.07, 6.45) is 5.18. The first kappa shape index (κ1) is 25.9. The van der Waals surface area contributed by atoms with Gasteiger partial charge >= 0.3 is 5.97 Å². The largest absolute Gasteiger partial charge is 0.481 e. The topological polar surface area (TPSA) is 103 Å². The average molecular weight is 514 g/mol. The van der Waals surface area contributed by atoms with E-state index in [4.69, 9.17) is 4.98 Å². The quantitative estimate of drug-likeness (QED) is 0.488. The summed E-state index contributed by atoms with van der Waals surface area (Å²) in [5.41, 5.74) is 11.0. The molecule has 3 aliphatic rings. The molecule has 198 valence electrons. The molecule has 2 aromatic heterocycles. The van der Waals surface area contributed by atoms with Crippen molar-refractivity contribution in [1.82, 2.24) is 15.0 Å². The van der Waals surface area contributed by atoms with E-state index in [0.29, 0.717) is 18.8 Å². The number of aromatic amines is 2. The number of rotatable bonds is 4. The first-order valence-electron chi connectivity index (χ1n) is 13.5. The summed E-state index contributed by atoms with van der Waals surface area (Å²) >= 11 is 0. The zero-order valence-corrected chi connectivity index (χ0v) is 22.9. The van der Waals surface area contributed by atoms with E-state index >= 15 is 0 Å². The molecule has 7 nitrogen and oxygen atoms in total. The minimum atomic E-state index is -0.812. The molecule has 38 heavy (non-hydrogen) atoms. The van der Waals surface area contributed by atoms with Gasteiger partial charge in [-0.05, 0) is 69.4 Å². The van der Waals surface area contributed by atoms with E-state index in [9.17, 15) is 14.7 Å². The molecular formula is C31H37N4O3+. The molecule has 0 aromatic carbocycles. The third-order valence-electron chi connectivity index (χ3n) is 8.24. The van der Waals surface area contributed by atoms with E-state index in [1.165, 1.54) is 11.4 Å². The average Bonchev–Trinajstić information content (AvgIpc) is 3.50. The Balaban J connectivity index is 1.89. The number of nitrogens with one attached hydrogen (secondary N) is 2. The molecule has 2 unspecified atom stereocenters. The van der Waals surface area contributed by atoms with E-state index in [0.717, 1.165) is 63.4 Å². The van der Waals surface area contributed by atoms with E-state index in [1.54, 1.807) is 6.08 Å². The molecule has 3 aliphatic heterocycles. The summed E-state index contributed by atoms with van der Waals surface area (Å²) in [7, 11) is 2.12. The molecule has 0 amide bonds. The number of hydrogen-bond donors (Lipinski definition) is 3. The predicted molar refractivity (Wildman–Crippen MR) is 148 cm³/mol. The highest BCUT2D eigenvalue weighted by Crippen LogP contribution is 2.33. The van der Waals surface area contributed by atoms with Crippen molar-refractivity contribution >= 4 is 28.4 Å². The van der Waals surface area contributed by atoms with Crippen LogP contribution in [0.1, 0.15) is 90.2 Å². The second-order valence-electron chi connectivity index (χ2n) is 11.0. The van der Waals surface area contributed by atoms with Crippen LogP contribution in [0.3, 0.4) is 0 Å². The monoisotopic (exact) mass is 513 g/mol. The molecule has 3 N–H and O–H groups in total. The van der Waals surface area contributed by atoms with Gasteiger partial charge in [-0.25, -0.2) is 4.57 Å². The van der Waals surface area contributed by atoms with Crippen molar-refractivity contribution in [2.75, 3.05) is 0 Å². The lowest BCUT2D eigenvalue weighted by atomic mass is 9.91. The van der Waals surface area contributed by atoms with Crippen LogP contribution in [0.25, 0.3) is 16.6 Å². The molecule has 0 fully saturated rings. The van der Waals surface area contributed by atoms with Gasteiger partial charge in [0.25, 0.3) is 0 Å². The Labute approximate surface area is 223 Å². The van der Waals surface area contributed by atoms with Crippen molar-refractivity contribution in [3.8, 4) is 0 Å². The van der Waals surface area contributed by atoms with Crippen LogP contribution in [0.15, 0.2) is 30.3 Å². The summed E-state index contributed by atoms with van der Waals surface area (Å²) in [5.74, 6) is -0.430. The number of aromatic nitrogens is 4. The van der Waals surface area contributed by atoms with Crippen LogP contribution in [0.2, 0.25) is 0 Å². The fourth-order valence-corrected chi connectivity index (χ4v) is 6.08. The summed E-state index contributed by atoms with van der Waals surface area (Å²) in [5, 5.41) is 9.40. The number of nitrogens with zero attached hydrogens (tertiary/aromatic N) is 2. The van der Waals surface area contributed by atoms with Crippen molar-refractivity contribution in [2.45, 2.75) is 78.1 Å². The highest BCUT2D eigenvalue weighted by molar-refractivity contribution is 5.98. The maximum Gasteiger partial charge on any atom is 0.303 e. The summed E-state index contributed by atoms with van der Waals surface area (Å²) in [4.78, 5) is 36.9. The lowest BCUT2D eigenvalue weighted by Gasteiger charge is -2.15. The fraction of sp³-hybridized carbons (Fsp3) is 0.419. The Morgan fingerprint density at radius 2 is 1.89 bits per heavy atom. The number of fused-ring (bicyclic) bond motifs is 10. The van der Waals surface area contributed by atoms with Crippen LogP contribution in [-0.4, -0.2) is 31.8 Å². The number of carboxylic acids is 1. The van der Waals surface area contributed by atoms with Crippen molar-refractivity contribution < 1.29 is 19.3 Å². The van der Waals surface area contributed by atoms with Gasteiger partial charge < -0.3 is 15.1 Å². The Morgan fingerprint density at radius 1 is 1.11 bits per heavy atom. The minimum Gasteiger partial charge on any atom is -0.481 e. The van der Waals surface area contributed by atoms with E-state index in [1.807, 2.05) is 13.8 Å². The van der Waals surface area contributed by atoms with Crippen LogP contribution >= 0.6 is 0 Å². The number of allylic oxidation sites excluding steroid dienone is 2. The van der Waals surface area contributed by atoms with E-state index in [2.05, 4.69) is 59.7 Å². The van der Waals surface area contributed by atoms with Gasteiger partial charge in [0, 0.05) is 71.0 Å². The molecule has 8 bridgehead atoms. The third kappa shape index (κ3) is 5.02. The lowest BCUT2D eigenvalue weighted by Crippen LogP contribution is -2.32. The van der Waals surface area contributed by atoms with E-state index in [-0.39, 0.29) is 24.5 Å². The van der Waals surface area contributed by atoms with Gasteiger partial charge in [-0.15, -0.1) is 0 Å².